The second kappa shape index (κ2) is 3.52. The van der Waals surface area contributed by atoms with Gasteiger partial charge in [0.1, 0.15) is 5.15 Å². The summed E-state index contributed by atoms with van der Waals surface area (Å²) in [6.07, 6.45) is 1.68. The molecule has 0 aliphatic heterocycles. The molecule has 0 spiro atoms. The first-order chi connectivity index (χ1) is 6.29. The second-order valence-corrected chi connectivity index (χ2v) is 3.74. The fraction of sp³-hybridized carbons (Fsp3) is 0. The molecule has 1 aromatic carbocycles. The molecule has 0 aliphatic carbocycles. The number of rotatable bonds is 1. The van der Waals surface area contributed by atoms with E-state index in [2.05, 4.69) is 21.0 Å². The fourth-order valence-electron chi connectivity index (χ4n) is 1.06. The first-order valence-electron chi connectivity index (χ1n) is 3.73. The van der Waals surface area contributed by atoms with Crippen LogP contribution in [-0.4, -0.2) is 9.78 Å². The Morgan fingerprint density at radius 1 is 1.23 bits per heavy atom. The van der Waals surface area contributed by atoms with Gasteiger partial charge in [0.25, 0.3) is 0 Å². The van der Waals surface area contributed by atoms with Crippen molar-refractivity contribution in [2.75, 3.05) is 0 Å². The van der Waals surface area contributed by atoms with Crippen LogP contribution < -0.4 is 0 Å². The number of halogens is 2. The third-order valence-corrected chi connectivity index (χ3v) is 2.84. The summed E-state index contributed by atoms with van der Waals surface area (Å²) >= 11 is 9.29. The Bertz CT molecular complexity index is 411. The summed E-state index contributed by atoms with van der Waals surface area (Å²) in [6, 6.07) is 9.75. The van der Waals surface area contributed by atoms with Gasteiger partial charge in [-0.25, -0.2) is 4.68 Å². The number of aromatic nitrogens is 2. The topological polar surface area (TPSA) is 17.8 Å². The molecule has 66 valence electrons. The predicted molar refractivity (Wildman–Crippen MR) is 56.3 cm³/mol. The molecule has 0 N–H and O–H groups in total. The van der Waals surface area contributed by atoms with Crippen molar-refractivity contribution in [3.63, 3.8) is 0 Å². The van der Waals surface area contributed by atoms with Crippen LogP contribution in [0.25, 0.3) is 5.69 Å². The SMILES string of the molecule is Clc1c(Br)cnn1-c1ccccc1. The van der Waals surface area contributed by atoms with Crippen LogP contribution in [0.15, 0.2) is 41.0 Å². The van der Waals surface area contributed by atoms with Crippen molar-refractivity contribution in [3.05, 3.63) is 46.2 Å². The Morgan fingerprint density at radius 3 is 2.46 bits per heavy atom. The zero-order chi connectivity index (χ0) is 9.26. The highest BCUT2D eigenvalue weighted by Crippen LogP contribution is 2.24. The number of hydrogen-bond acceptors (Lipinski definition) is 1. The maximum absolute atomic E-state index is 6.00. The number of para-hydroxylation sites is 1. The van der Waals surface area contributed by atoms with E-state index in [1.807, 2.05) is 30.3 Å². The van der Waals surface area contributed by atoms with Gasteiger partial charge < -0.3 is 0 Å². The minimum absolute atomic E-state index is 0.589. The van der Waals surface area contributed by atoms with Crippen molar-refractivity contribution in [3.8, 4) is 5.69 Å². The van der Waals surface area contributed by atoms with E-state index < -0.39 is 0 Å². The summed E-state index contributed by atoms with van der Waals surface area (Å²) in [6.45, 7) is 0. The third-order valence-electron chi connectivity index (χ3n) is 1.67. The number of nitrogens with zero attached hydrogens (tertiary/aromatic N) is 2. The maximum atomic E-state index is 6.00. The standard InChI is InChI=1S/C9H6BrClN2/c10-8-6-12-13(9(8)11)7-4-2-1-3-5-7/h1-6H. The zero-order valence-electron chi connectivity index (χ0n) is 6.61. The summed E-state index contributed by atoms with van der Waals surface area (Å²) in [7, 11) is 0. The van der Waals surface area contributed by atoms with Crippen LogP contribution in [0.3, 0.4) is 0 Å². The summed E-state index contributed by atoms with van der Waals surface area (Å²) in [5.41, 5.74) is 0.957. The highest BCUT2D eigenvalue weighted by atomic mass is 79.9. The molecule has 2 rings (SSSR count). The van der Waals surface area contributed by atoms with E-state index >= 15 is 0 Å². The largest absolute Gasteiger partial charge is 0.221 e. The normalized spacial score (nSPS) is 10.3. The molecule has 0 fully saturated rings. The Kier molecular flexibility index (Phi) is 2.38. The molecule has 0 saturated heterocycles. The molecule has 0 atom stereocenters. The molecule has 0 unspecified atom stereocenters. The molecule has 1 aromatic heterocycles. The van der Waals surface area contributed by atoms with Crippen molar-refractivity contribution in [1.82, 2.24) is 9.78 Å². The van der Waals surface area contributed by atoms with Crippen molar-refractivity contribution >= 4 is 27.5 Å². The Balaban J connectivity index is 2.53. The molecular weight excluding hydrogens is 251 g/mol. The minimum atomic E-state index is 0.589. The van der Waals surface area contributed by atoms with Crippen LogP contribution >= 0.6 is 27.5 Å². The van der Waals surface area contributed by atoms with Gasteiger partial charge in [-0.15, -0.1) is 0 Å². The summed E-state index contributed by atoms with van der Waals surface area (Å²) in [4.78, 5) is 0. The van der Waals surface area contributed by atoms with Gasteiger partial charge in [0.05, 0.1) is 16.4 Å². The van der Waals surface area contributed by atoms with E-state index in [9.17, 15) is 0 Å². The Hall–Kier alpha value is -0.800. The van der Waals surface area contributed by atoms with Gasteiger partial charge in [-0.05, 0) is 28.1 Å². The molecule has 0 aliphatic rings. The monoisotopic (exact) mass is 256 g/mol. The predicted octanol–water partition coefficient (Wildman–Crippen LogP) is 3.29. The van der Waals surface area contributed by atoms with Gasteiger partial charge in [0, 0.05) is 0 Å². The lowest BCUT2D eigenvalue weighted by molar-refractivity contribution is 0.881. The van der Waals surface area contributed by atoms with Crippen molar-refractivity contribution in [1.29, 1.82) is 0 Å². The van der Waals surface area contributed by atoms with Gasteiger partial charge in [0.2, 0.25) is 0 Å². The van der Waals surface area contributed by atoms with Crippen molar-refractivity contribution in [2.45, 2.75) is 0 Å². The van der Waals surface area contributed by atoms with E-state index in [0.717, 1.165) is 10.2 Å². The minimum Gasteiger partial charge on any atom is -0.221 e. The zero-order valence-corrected chi connectivity index (χ0v) is 8.96. The van der Waals surface area contributed by atoms with E-state index in [-0.39, 0.29) is 0 Å². The van der Waals surface area contributed by atoms with E-state index in [0.29, 0.717) is 5.15 Å². The van der Waals surface area contributed by atoms with Crippen LogP contribution in [0, 0.1) is 0 Å². The molecule has 0 saturated carbocycles. The quantitative estimate of drug-likeness (QED) is 0.766. The van der Waals surface area contributed by atoms with Crippen molar-refractivity contribution < 1.29 is 0 Å². The average molecular weight is 258 g/mol. The van der Waals surface area contributed by atoms with Crippen LogP contribution in [0.5, 0.6) is 0 Å². The number of hydrogen-bond donors (Lipinski definition) is 0. The highest BCUT2D eigenvalue weighted by molar-refractivity contribution is 9.10. The van der Waals surface area contributed by atoms with Crippen LogP contribution in [0.2, 0.25) is 5.15 Å². The summed E-state index contributed by atoms with van der Waals surface area (Å²) < 4.78 is 2.48. The fourth-order valence-corrected chi connectivity index (χ4v) is 1.51. The lowest BCUT2D eigenvalue weighted by Gasteiger charge is -2.01. The first kappa shape index (κ1) is 8.78. The van der Waals surface area contributed by atoms with Gasteiger partial charge in [-0.2, -0.15) is 5.10 Å². The molecule has 2 aromatic rings. The molecule has 0 radical (unpaired) electrons. The van der Waals surface area contributed by atoms with E-state index in [4.69, 9.17) is 11.6 Å². The van der Waals surface area contributed by atoms with Gasteiger partial charge >= 0.3 is 0 Å². The summed E-state index contributed by atoms with van der Waals surface area (Å²) in [5, 5.41) is 4.71. The lowest BCUT2D eigenvalue weighted by atomic mass is 10.3. The van der Waals surface area contributed by atoms with Crippen molar-refractivity contribution in [2.24, 2.45) is 0 Å². The van der Waals surface area contributed by atoms with E-state index in [1.165, 1.54) is 0 Å². The van der Waals surface area contributed by atoms with Crippen LogP contribution in [0.4, 0.5) is 0 Å². The van der Waals surface area contributed by atoms with Gasteiger partial charge in [-0.3, -0.25) is 0 Å². The average Bonchev–Trinajstić information content (AvgIpc) is 2.49. The number of benzene rings is 1. The molecule has 4 heteroatoms. The molecule has 0 bridgehead atoms. The first-order valence-corrected chi connectivity index (χ1v) is 4.90. The smallest absolute Gasteiger partial charge is 0.147 e. The molecule has 1 heterocycles. The molecular formula is C9H6BrClN2. The molecule has 13 heavy (non-hydrogen) atoms. The summed E-state index contributed by atoms with van der Waals surface area (Å²) in [5.74, 6) is 0. The van der Waals surface area contributed by atoms with Crippen LogP contribution in [0.1, 0.15) is 0 Å². The molecule has 2 nitrogen and oxygen atoms in total. The van der Waals surface area contributed by atoms with Crippen LogP contribution in [-0.2, 0) is 0 Å². The van der Waals surface area contributed by atoms with E-state index in [1.54, 1.807) is 10.9 Å². The maximum Gasteiger partial charge on any atom is 0.147 e. The highest BCUT2D eigenvalue weighted by Gasteiger charge is 2.06. The Labute approximate surface area is 89.3 Å². The molecule has 0 amide bonds. The van der Waals surface area contributed by atoms with Gasteiger partial charge in [-0.1, -0.05) is 29.8 Å². The second-order valence-electron chi connectivity index (χ2n) is 2.53. The lowest BCUT2D eigenvalue weighted by Crippen LogP contribution is -1.94. The third kappa shape index (κ3) is 1.62. The Morgan fingerprint density at radius 2 is 1.92 bits per heavy atom. The van der Waals surface area contributed by atoms with Gasteiger partial charge in [0.15, 0.2) is 0 Å².